The van der Waals surface area contributed by atoms with Gasteiger partial charge in [0.2, 0.25) is 0 Å². The first-order valence-electron chi connectivity index (χ1n) is 5.44. The zero-order chi connectivity index (χ0) is 15.3. The van der Waals surface area contributed by atoms with Gasteiger partial charge in [0.15, 0.2) is 0 Å². The summed E-state index contributed by atoms with van der Waals surface area (Å²) in [4.78, 5) is 11.3. The van der Waals surface area contributed by atoms with Gasteiger partial charge in [-0.3, -0.25) is 0 Å². The number of carbonyl (C=O) groups excluding carboxylic acids is 1. The molecule has 0 spiro atoms. The third kappa shape index (κ3) is 4.67. The lowest BCUT2D eigenvalue weighted by atomic mass is 10.1. The normalized spacial score (nSPS) is 12.9. The highest BCUT2D eigenvalue weighted by Crippen LogP contribution is 2.35. The molecule has 0 saturated carbocycles. The Bertz CT molecular complexity index is 479. The van der Waals surface area contributed by atoms with Crippen molar-refractivity contribution in [3.8, 4) is 0 Å². The Kier molecular flexibility index (Phi) is 5.28. The Hall–Kier alpha value is -1.87. The van der Waals surface area contributed by atoms with E-state index in [1.807, 2.05) is 5.32 Å². The fourth-order valence-electron chi connectivity index (χ4n) is 1.30. The summed E-state index contributed by atoms with van der Waals surface area (Å²) < 4.78 is 50.7. The molecule has 0 aromatic heterocycles. The number of rotatable bonds is 4. The van der Waals surface area contributed by atoms with Crippen LogP contribution < -0.4 is 10.6 Å². The minimum absolute atomic E-state index is 0.262. The number of urea groups is 1. The minimum atomic E-state index is -4.82. The second-order valence-corrected chi connectivity index (χ2v) is 3.86. The molecule has 0 bridgehead atoms. The molecule has 20 heavy (non-hydrogen) atoms. The molecule has 4 N–H and O–H groups in total. The molecule has 2 amide bonds. The summed E-state index contributed by atoms with van der Waals surface area (Å²) in [6.45, 7) is -0.949. The molecule has 1 atom stereocenters. The van der Waals surface area contributed by atoms with Crippen LogP contribution in [0.4, 0.5) is 28.0 Å². The molecule has 0 unspecified atom stereocenters. The number of aliphatic hydroxyl groups is 2. The van der Waals surface area contributed by atoms with Gasteiger partial charge in [-0.05, 0) is 18.2 Å². The van der Waals surface area contributed by atoms with Gasteiger partial charge in [0.1, 0.15) is 5.82 Å². The second-order valence-electron chi connectivity index (χ2n) is 3.86. The molecule has 1 aromatic rings. The summed E-state index contributed by atoms with van der Waals surface area (Å²) in [5.74, 6) is -1.08. The summed E-state index contributed by atoms with van der Waals surface area (Å²) in [6, 6.07) is 0.792. The molecule has 112 valence electrons. The van der Waals surface area contributed by atoms with Gasteiger partial charge < -0.3 is 20.8 Å². The largest absolute Gasteiger partial charge is 0.418 e. The summed E-state index contributed by atoms with van der Waals surface area (Å²) in [7, 11) is 0. The van der Waals surface area contributed by atoms with Crippen molar-refractivity contribution in [2.45, 2.75) is 12.3 Å². The quantitative estimate of drug-likeness (QED) is 0.633. The topological polar surface area (TPSA) is 81.6 Å². The van der Waals surface area contributed by atoms with Crippen LogP contribution in [0, 0.1) is 5.82 Å². The van der Waals surface area contributed by atoms with Crippen molar-refractivity contribution < 1.29 is 32.6 Å². The maximum Gasteiger partial charge on any atom is 0.418 e. The first-order chi connectivity index (χ1) is 9.24. The smallest absolute Gasteiger partial charge is 0.394 e. The van der Waals surface area contributed by atoms with Crippen molar-refractivity contribution in [2.24, 2.45) is 0 Å². The molecular weight excluding hydrogens is 284 g/mol. The number of hydrogen-bond acceptors (Lipinski definition) is 3. The zero-order valence-corrected chi connectivity index (χ0v) is 10.0. The summed E-state index contributed by atoms with van der Waals surface area (Å²) in [5, 5.41) is 21.4. The third-order valence-corrected chi connectivity index (χ3v) is 2.24. The van der Waals surface area contributed by atoms with Gasteiger partial charge in [-0.15, -0.1) is 0 Å². The maximum absolute atomic E-state index is 12.8. The Labute approximate surface area is 111 Å². The molecule has 0 saturated heterocycles. The van der Waals surface area contributed by atoms with E-state index >= 15 is 0 Å². The van der Waals surface area contributed by atoms with E-state index in [0.29, 0.717) is 0 Å². The average Bonchev–Trinajstić information content (AvgIpc) is 2.36. The van der Waals surface area contributed by atoms with Crippen LogP contribution in [0.15, 0.2) is 18.2 Å². The maximum atomic E-state index is 12.8. The Morgan fingerprint density at radius 1 is 1.35 bits per heavy atom. The van der Waals surface area contributed by atoms with Crippen molar-refractivity contribution in [1.29, 1.82) is 0 Å². The van der Waals surface area contributed by atoms with Crippen molar-refractivity contribution in [2.75, 3.05) is 18.5 Å². The number of alkyl halides is 3. The molecule has 0 aliphatic rings. The van der Waals surface area contributed by atoms with Crippen LogP contribution in [0.5, 0.6) is 0 Å². The van der Waals surface area contributed by atoms with Crippen LogP contribution in [0.2, 0.25) is 0 Å². The molecule has 5 nitrogen and oxygen atoms in total. The highest BCUT2D eigenvalue weighted by Gasteiger charge is 2.34. The number of carbonyl (C=O) groups is 1. The monoisotopic (exact) mass is 296 g/mol. The Morgan fingerprint density at radius 3 is 2.55 bits per heavy atom. The Morgan fingerprint density at radius 2 is 2.00 bits per heavy atom. The molecule has 1 rings (SSSR count). The van der Waals surface area contributed by atoms with Gasteiger partial charge in [-0.2, -0.15) is 13.2 Å². The van der Waals surface area contributed by atoms with E-state index in [4.69, 9.17) is 10.2 Å². The molecular formula is C11H12F4N2O3. The number of amides is 2. The lowest BCUT2D eigenvalue weighted by Gasteiger charge is -2.15. The van der Waals surface area contributed by atoms with E-state index in [-0.39, 0.29) is 12.6 Å². The third-order valence-electron chi connectivity index (χ3n) is 2.24. The van der Waals surface area contributed by atoms with Crippen LogP contribution in [0.3, 0.4) is 0 Å². The van der Waals surface area contributed by atoms with Crippen molar-refractivity contribution >= 4 is 11.7 Å². The number of nitrogens with one attached hydrogen (secondary N) is 2. The number of anilines is 1. The fourth-order valence-corrected chi connectivity index (χ4v) is 1.30. The van der Waals surface area contributed by atoms with Crippen molar-refractivity contribution in [3.63, 3.8) is 0 Å². The van der Waals surface area contributed by atoms with E-state index < -0.39 is 42.0 Å². The van der Waals surface area contributed by atoms with Gasteiger partial charge in [-0.1, -0.05) is 0 Å². The van der Waals surface area contributed by atoms with Crippen molar-refractivity contribution in [1.82, 2.24) is 5.32 Å². The molecule has 0 aliphatic carbocycles. The predicted molar refractivity (Wildman–Crippen MR) is 61.5 cm³/mol. The van der Waals surface area contributed by atoms with Crippen LogP contribution in [-0.2, 0) is 6.18 Å². The SMILES string of the molecule is O=C(NC[C@H](O)CO)Nc1ccc(F)cc1C(F)(F)F. The summed E-state index contributed by atoms with van der Waals surface area (Å²) in [5.41, 5.74) is -1.94. The molecule has 9 heteroatoms. The zero-order valence-electron chi connectivity index (χ0n) is 10.0. The standard InChI is InChI=1S/C11H12F4N2O3/c12-6-1-2-9(8(3-6)11(13,14)15)17-10(20)16-4-7(19)5-18/h1-3,7,18-19H,4-5H2,(H2,16,17,20)/t7-/m0/s1. The summed E-state index contributed by atoms with van der Waals surface area (Å²) >= 11 is 0. The second kappa shape index (κ2) is 6.53. The lowest BCUT2D eigenvalue weighted by molar-refractivity contribution is -0.137. The number of hydrogen-bond donors (Lipinski definition) is 4. The van der Waals surface area contributed by atoms with Gasteiger partial charge >= 0.3 is 12.2 Å². The number of aliphatic hydroxyl groups excluding tert-OH is 2. The van der Waals surface area contributed by atoms with Crippen LogP contribution in [-0.4, -0.2) is 35.5 Å². The van der Waals surface area contributed by atoms with Crippen LogP contribution in [0.25, 0.3) is 0 Å². The highest BCUT2D eigenvalue weighted by atomic mass is 19.4. The first-order valence-corrected chi connectivity index (χ1v) is 5.44. The molecule has 0 radical (unpaired) electrons. The molecule has 1 aromatic carbocycles. The van der Waals surface area contributed by atoms with Gasteiger partial charge in [0.25, 0.3) is 0 Å². The van der Waals surface area contributed by atoms with E-state index in [1.54, 1.807) is 0 Å². The van der Waals surface area contributed by atoms with E-state index in [2.05, 4.69) is 5.32 Å². The van der Waals surface area contributed by atoms with Crippen LogP contribution in [0.1, 0.15) is 5.56 Å². The molecule has 0 aliphatic heterocycles. The van der Waals surface area contributed by atoms with Crippen molar-refractivity contribution in [3.05, 3.63) is 29.6 Å². The van der Waals surface area contributed by atoms with Crippen LogP contribution >= 0.6 is 0 Å². The highest BCUT2D eigenvalue weighted by molar-refractivity contribution is 5.90. The van der Waals surface area contributed by atoms with E-state index in [0.717, 1.165) is 12.1 Å². The van der Waals surface area contributed by atoms with E-state index in [1.165, 1.54) is 0 Å². The lowest BCUT2D eigenvalue weighted by Crippen LogP contribution is -2.37. The fraction of sp³-hybridized carbons (Fsp3) is 0.364. The first kappa shape index (κ1) is 16.2. The Balaban J connectivity index is 2.80. The minimum Gasteiger partial charge on any atom is -0.394 e. The number of benzene rings is 1. The molecule has 0 fully saturated rings. The number of halogens is 4. The predicted octanol–water partition coefficient (Wildman–Crippen LogP) is 1.32. The molecule has 0 heterocycles. The average molecular weight is 296 g/mol. The van der Waals surface area contributed by atoms with Gasteiger partial charge in [0.05, 0.1) is 24.0 Å². The summed E-state index contributed by atoms with van der Waals surface area (Å²) in [6.07, 6.45) is -6.05. The van der Waals surface area contributed by atoms with E-state index in [9.17, 15) is 22.4 Å². The van der Waals surface area contributed by atoms with Gasteiger partial charge in [0, 0.05) is 6.54 Å². The van der Waals surface area contributed by atoms with Gasteiger partial charge in [-0.25, -0.2) is 9.18 Å².